The molecule has 0 saturated heterocycles. The third-order valence-electron chi connectivity index (χ3n) is 15.1. The summed E-state index contributed by atoms with van der Waals surface area (Å²) < 4.78 is 115. The Kier molecular flexibility index (Phi) is 7.74. The highest BCUT2D eigenvalue weighted by atomic mass is 28.3. The highest BCUT2D eigenvalue weighted by Crippen LogP contribution is 2.41. The van der Waals surface area contributed by atoms with Crippen LogP contribution in [-0.4, -0.2) is 21.8 Å². The third kappa shape index (κ3) is 6.81. The van der Waals surface area contributed by atoms with E-state index in [-0.39, 0.29) is 21.8 Å². The lowest BCUT2D eigenvalue weighted by Gasteiger charge is -2.34. The number of nitrogens with zero attached hydrogens (tertiary/aromatic N) is 3. The summed E-state index contributed by atoms with van der Waals surface area (Å²) in [7, 11) is -2.89. The maximum Gasteiger partial charge on any atom is 0.179 e. The summed E-state index contributed by atoms with van der Waals surface area (Å²) in [5.41, 5.74) is 6.33. The van der Waals surface area contributed by atoms with Crippen LogP contribution in [0.1, 0.15) is 16.4 Å². The van der Waals surface area contributed by atoms with E-state index in [1.54, 1.807) is 0 Å². The Balaban J connectivity index is 0.974. The molecular weight excluding hydrogens is 935 g/mol. The van der Waals surface area contributed by atoms with Crippen LogP contribution in [0.25, 0.3) is 105 Å². The van der Waals surface area contributed by atoms with Crippen molar-refractivity contribution in [3.05, 3.63) is 297 Å². The van der Waals surface area contributed by atoms with Gasteiger partial charge in [0.15, 0.2) is 8.07 Å². The minimum atomic E-state index is -2.89. The SMILES string of the molecule is [2H]c1c([2H])c([2H])c(-c2c([2H])c([2H])c3c(c2[2H])c2c([2H])c([2H])c([2H])c([2H])c2n3-c2cc(-c3ccccc3)cc(-n3c4ccccc4c4cc(-n5c6ccccc6c6cc([Si](c7ccccc7)(c7ccccc7)c7ccccc7)ccc65)ccc43)c2)c([2H])c1[2H]. The molecule has 3 nitrogen and oxygen atoms in total. The average Bonchev–Trinajstić information content (AvgIpc) is 1.49. The first kappa shape index (κ1) is 33.2. The highest BCUT2D eigenvalue weighted by Gasteiger charge is 2.41. The van der Waals surface area contributed by atoms with Crippen molar-refractivity contribution in [1.29, 1.82) is 0 Å². The first-order valence-corrected chi connectivity index (χ1v) is 27.3. The van der Waals surface area contributed by atoms with E-state index in [1.165, 1.54) is 25.3 Å². The van der Waals surface area contributed by atoms with E-state index in [2.05, 4.69) is 179 Å². The van der Waals surface area contributed by atoms with Gasteiger partial charge in [-0.2, -0.15) is 0 Å². The van der Waals surface area contributed by atoms with Crippen LogP contribution in [0.2, 0.25) is 0 Å². The van der Waals surface area contributed by atoms with Gasteiger partial charge in [-0.25, -0.2) is 0 Å². The average molecular weight is 996 g/mol. The van der Waals surface area contributed by atoms with Crippen molar-refractivity contribution in [3.8, 4) is 39.3 Å². The van der Waals surface area contributed by atoms with Crippen LogP contribution in [-0.2, 0) is 0 Å². The Morgan fingerprint density at radius 2 is 0.737 bits per heavy atom. The second-order valence-electron chi connectivity index (χ2n) is 19.1. The Morgan fingerprint density at radius 1 is 0.250 bits per heavy atom. The largest absolute Gasteiger partial charge is 0.309 e. The van der Waals surface area contributed by atoms with Crippen LogP contribution in [0.5, 0.6) is 0 Å². The molecule has 4 heteroatoms. The molecule has 356 valence electrons. The van der Waals surface area contributed by atoms with Gasteiger partial charge in [0.2, 0.25) is 0 Å². The fourth-order valence-corrected chi connectivity index (χ4v) is 16.6. The minimum Gasteiger partial charge on any atom is -0.309 e. The summed E-state index contributed by atoms with van der Waals surface area (Å²) in [5.74, 6) is 0. The molecule has 0 aliphatic heterocycles. The zero-order valence-electron chi connectivity index (χ0n) is 52.7. The van der Waals surface area contributed by atoms with Crippen molar-refractivity contribution < 1.29 is 16.4 Å². The van der Waals surface area contributed by atoms with Crippen molar-refractivity contribution in [2.24, 2.45) is 0 Å². The Labute approximate surface area is 458 Å². The van der Waals surface area contributed by atoms with Crippen LogP contribution in [0.3, 0.4) is 0 Å². The molecular formula is C72H49N3Si. The van der Waals surface area contributed by atoms with Crippen molar-refractivity contribution in [2.45, 2.75) is 0 Å². The van der Waals surface area contributed by atoms with E-state index in [0.29, 0.717) is 11.4 Å². The molecule has 0 unspecified atom stereocenters. The summed E-state index contributed by atoms with van der Waals surface area (Å²) in [6.45, 7) is 0. The van der Waals surface area contributed by atoms with Crippen molar-refractivity contribution in [3.63, 3.8) is 0 Å². The first-order valence-electron chi connectivity index (χ1n) is 31.3. The lowest BCUT2D eigenvalue weighted by Crippen LogP contribution is -2.74. The zero-order valence-corrected chi connectivity index (χ0v) is 41.7. The molecule has 0 aliphatic carbocycles. The van der Waals surface area contributed by atoms with E-state index >= 15 is 0 Å². The molecule has 76 heavy (non-hydrogen) atoms. The van der Waals surface area contributed by atoms with Crippen molar-refractivity contribution in [2.75, 3.05) is 0 Å². The third-order valence-corrected chi connectivity index (χ3v) is 19.8. The van der Waals surface area contributed by atoms with Crippen LogP contribution >= 0.6 is 0 Å². The quantitative estimate of drug-likeness (QED) is 0.101. The van der Waals surface area contributed by atoms with Gasteiger partial charge in [-0.05, 0) is 116 Å². The second-order valence-corrected chi connectivity index (χ2v) is 22.9. The smallest absolute Gasteiger partial charge is 0.179 e. The van der Waals surface area contributed by atoms with Gasteiger partial charge < -0.3 is 13.7 Å². The van der Waals surface area contributed by atoms with E-state index < -0.39 is 91.7 Å². The molecule has 15 rings (SSSR count). The Hall–Kier alpha value is -9.74. The molecule has 0 aliphatic rings. The summed E-state index contributed by atoms with van der Waals surface area (Å²) in [5, 5.41) is 9.06. The number of fused-ring (bicyclic) bond motifs is 9. The minimum absolute atomic E-state index is 0.0600. The molecule has 0 atom stereocenters. The van der Waals surface area contributed by atoms with Crippen LogP contribution in [0.4, 0.5) is 0 Å². The molecule has 0 N–H and O–H groups in total. The normalized spacial score (nSPS) is 14.2. The van der Waals surface area contributed by atoms with E-state index in [1.807, 2.05) is 54.6 Å². The molecule has 0 fully saturated rings. The lowest BCUT2D eigenvalue weighted by atomic mass is 10.0. The molecule has 0 spiro atoms. The molecule has 0 bridgehead atoms. The summed E-state index contributed by atoms with van der Waals surface area (Å²) in [4.78, 5) is 0. The van der Waals surface area contributed by atoms with Gasteiger partial charge in [-0.1, -0.05) is 224 Å². The van der Waals surface area contributed by atoms with Gasteiger partial charge in [0.1, 0.15) is 0 Å². The fourth-order valence-electron chi connectivity index (χ4n) is 11.9. The maximum atomic E-state index is 9.84. The van der Waals surface area contributed by atoms with Gasteiger partial charge in [0.05, 0.1) is 49.5 Å². The van der Waals surface area contributed by atoms with E-state index in [4.69, 9.17) is 9.60 Å². The molecule has 3 aromatic heterocycles. The van der Waals surface area contributed by atoms with Crippen molar-refractivity contribution in [1.82, 2.24) is 13.7 Å². The standard InChI is InChI=1S/C72H49N3Si/c1-6-22-50(23-7-1)52-38-41-70-64(46-52)61-32-16-20-36-68(61)74(70)55-44-53(51-24-8-2-9-25-51)45-56(47-55)75-69-37-21-17-33-62(69)65-48-54(39-42-71(65)75)73-67-35-19-18-34-63(67)66-49-60(40-43-72(66)73)76(57-26-10-3-11-27-57,58-28-12-4-13-29-58)59-30-14-5-15-31-59/h1-49H/i1D,6D,7D,16D,20D,22D,23D,32D,36D,38D,41D,46D. The maximum absolute atomic E-state index is 9.84. The van der Waals surface area contributed by atoms with Crippen LogP contribution < -0.4 is 20.7 Å². The molecule has 0 radical (unpaired) electrons. The van der Waals surface area contributed by atoms with Crippen molar-refractivity contribution >= 4 is 94.2 Å². The summed E-state index contributed by atoms with van der Waals surface area (Å²) in [6.07, 6.45) is 0. The van der Waals surface area contributed by atoms with Gasteiger partial charge in [0.25, 0.3) is 0 Å². The van der Waals surface area contributed by atoms with Gasteiger partial charge in [-0.3, -0.25) is 0 Å². The second kappa shape index (κ2) is 17.7. The molecule has 3 heterocycles. The van der Waals surface area contributed by atoms with E-state index in [9.17, 15) is 6.85 Å². The Bertz CT molecular complexity index is 5290. The van der Waals surface area contributed by atoms with Gasteiger partial charge in [-0.15, -0.1) is 0 Å². The Morgan fingerprint density at radius 3 is 1.37 bits per heavy atom. The highest BCUT2D eigenvalue weighted by molar-refractivity contribution is 7.20. The first-order chi connectivity index (χ1) is 42.7. The molecule has 15 aromatic rings. The van der Waals surface area contributed by atoms with Gasteiger partial charge in [0, 0.05) is 49.4 Å². The monoisotopic (exact) mass is 995 g/mol. The number of rotatable bonds is 9. The predicted octanol–water partition coefficient (Wildman–Crippen LogP) is 15.7. The topological polar surface area (TPSA) is 14.8 Å². The fraction of sp³-hybridized carbons (Fsp3) is 0. The number of benzene rings is 12. The molecule has 0 saturated carbocycles. The number of hydrogen-bond acceptors (Lipinski definition) is 0. The lowest BCUT2D eigenvalue weighted by molar-refractivity contribution is 1.13. The zero-order chi connectivity index (χ0) is 60.6. The van der Waals surface area contributed by atoms with Crippen LogP contribution in [0, 0.1) is 0 Å². The summed E-state index contributed by atoms with van der Waals surface area (Å²) in [6, 6.07) is 71.4. The van der Waals surface area contributed by atoms with Gasteiger partial charge >= 0.3 is 0 Å². The number of aromatic nitrogens is 3. The van der Waals surface area contributed by atoms with Crippen LogP contribution in [0.15, 0.2) is 297 Å². The number of para-hydroxylation sites is 3. The summed E-state index contributed by atoms with van der Waals surface area (Å²) >= 11 is 0. The number of hydrogen-bond donors (Lipinski definition) is 0. The van der Waals surface area contributed by atoms with E-state index in [0.717, 1.165) is 60.4 Å². The predicted molar refractivity (Wildman–Crippen MR) is 324 cm³/mol. The molecule has 0 amide bonds. The molecule has 12 aromatic carbocycles.